The standard InChI is InChI=1S/C20H19N5O3/c26-19(22-18-7-3-5-14-4-1-2-6-17(14)18)12-28-20(27)15-8-10-16(11-9-15)25-13-21-23-24-25/h1-2,4,6,8-11,13,18H,3,5,7,12H2,(H,22,26)/t18-/m1/s1. The average molecular weight is 377 g/mol. The number of hydrogen-bond acceptors (Lipinski definition) is 6. The third-order valence-electron chi connectivity index (χ3n) is 4.76. The van der Waals surface area contributed by atoms with Gasteiger partial charge in [-0.05, 0) is 65.1 Å². The van der Waals surface area contributed by atoms with Gasteiger partial charge >= 0.3 is 5.97 Å². The summed E-state index contributed by atoms with van der Waals surface area (Å²) < 4.78 is 6.63. The van der Waals surface area contributed by atoms with Crippen molar-refractivity contribution in [1.29, 1.82) is 0 Å². The average Bonchev–Trinajstić information content (AvgIpc) is 3.27. The van der Waals surface area contributed by atoms with Crippen molar-refractivity contribution >= 4 is 11.9 Å². The summed E-state index contributed by atoms with van der Waals surface area (Å²) in [6, 6.07) is 14.7. The maximum atomic E-state index is 12.3. The zero-order valence-corrected chi connectivity index (χ0v) is 15.1. The van der Waals surface area contributed by atoms with Gasteiger partial charge in [0.1, 0.15) is 6.33 Å². The number of nitrogens with zero attached hydrogens (tertiary/aromatic N) is 4. The zero-order chi connectivity index (χ0) is 19.3. The Morgan fingerprint density at radius 1 is 1.14 bits per heavy atom. The van der Waals surface area contributed by atoms with Crippen LogP contribution in [-0.2, 0) is 16.0 Å². The summed E-state index contributed by atoms with van der Waals surface area (Å²) in [5, 5.41) is 13.9. The van der Waals surface area contributed by atoms with E-state index in [4.69, 9.17) is 4.74 Å². The number of esters is 1. The van der Waals surface area contributed by atoms with Crippen molar-refractivity contribution in [1.82, 2.24) is 25.5 Å². The maximum absolute atomic E-state index is 12.3. The smallest absolute Gasteiger partial charge is 0.338 e. The first-order chi connectivity index (χ1) is 13.7. The van der Waals surface area contributed by atoms with E-state index >= 15 is 0 Å². The van der Waals surface area contributed by atoms with E-state index in [1.54, 1.807) is 24.3 Å². The van der Waals surface area contributed by atoms with E-state index in [1.165, 1.54) is 16.6 Å². The summed E-state index contributed by atoms with van der Waals surface area (Å²) in [5.41, 5.74) is 3.48. The van der Waals surface area contributed by atoms with E-state index in [9.17, 15) is 9.59 Å². The van der Waals surface area contributed by atoms with Gasteiger partial charge in [0.25, 0.3) is 5.91 Å². The minimum Gasteiger partial charge on any atom is -0.452 e. The van der Waals surface area contributed by atoms with Crippen LogP contribution in [0.4, 0.5) is 0 Å². The summed E-state index contributed by atoms with van der Waals surface area (Å²) in [6.07, 6.45) is 4.39. The molecule has 1 aliphatic rings. The molecular weight excluding hydrogens is 358 g/mol. The zero-order valence-electron chi connectivity index (χ0n) is 15.1. The Bertz CT molecular complexity index is 970. The Morgan fingerprint density at radius 2 is 1.96 bits per heavy atom. The first-order valence-electron chi connectivity index (χ1n) is 9.08. The van der Waals surface area contributed by atoms with Gasteiger partial charge in [0.2, 0.25) is 0 Å². The van der Waals surface area contributed by atoms with Crippen LogP contribution in [0.15, 0.2) is 54.9 Å². The first kappa shape index (κ1) is 17.8. The van der Waals surface area contributed by atoms with Crippen molar-refractivity contribution in [2.45, 2.75) is 25.3 Å². The molecule has 0 radical (unpaired) electrons. The number of carbonyl (C=O) groups is 2. The predicted molar refractivity (Wildman–Crippen MR) is 99.7 cm³/mol. The summed E-state index contributed by atoms with van der Waals surface area (Å²) in [7, 11) is 0. The van der Waals surface area contributed by atoms with Crippen LogP contribution in [0, 0.1) is 0 Å². The Hall–Kier alpha value is -3.55. The topological polar surface area (TPSA) is 99.0 Å². The number of hydrogen-bond donors (Lipinski definition) is 1. The molecule has 142 valence electrons. The van der Waals surface area contributed by atoms with Crippen molar-refractivity contribution < 1.29 is 14.3 Å². The molecule has 0 saturated carbocycles. The van der Waals surface area contributed by atoms with Crippen molar-refractivity contribution in [3.63, 3.8) is 0 Å². The number of aryl methyl sites for hydroxylation is 1. The van der Waals surface area contributed by atoms with E-state index in [-0.39, 0.29) is 18.6 Å². The summed E-state index contributed by atoms with van der Waals surface area (Å²) in [6.45, 7) is -0.313. The molecule has 1 heterocycles. The summed E-state index contributed by atoms with van der Waals surface area (Å²) in [4.78, 5) is 24.4. The van der Waals surface area contributed by atoms with Crippen LogP contribution in [0.3, 0.4) is 0 Å². The van der Waals surface area contributed by atoms with Crippen LogP contribution in [0.2, 0.25) is 0 Å². The van der Waals surface area contributed by atoms with E-state index in [0.717, 1.165) is 30.5 Å². The molecule has 0 unspecified atom stereocenters. The van der Waals surface area contributed by atoms with Gasteiger partial charge in [-0.1, -0.05) is 24.3 Å². The molecule has 8 heteroatoms. The number of fused-ring (bicyclic) bond motifs is 1. The summed E-state index contributed by atoms with van der Waals surface area (Å²) >= 11 is 0. The molecule has 0 bridgehead atoms. The largest absolute Gasteiger partial charge is 0.452 e. The SMILES string of the molecule is O=C(COC(=O)c1ccc(-n2cnnn2)cc1)N[C@@H]1CCCc2ccccc21. The Kier molecular flexibility index (Phi) is 5.09. The quantitative estimate of drug-likeness (QED) is 0.683. The van der Waals surface area contributed by atoms with Gasteiger partial charge in [-0.25, -0.2) is 9.48 Å². The number of nitrogens with one attached hydrogen (secondary N) is 1. The van der Waals surface area contributed by atoms with Gasteiger partial charge in [-0.3, -0.25) is 4.79 Å². The molecule has 1 amide bonds. The van der Waals surface area contributed by atoms with Crippen LogP contribution in [0.1, 0.15) is 40.4 Å². The lowest BCUT2D eigenvalue weighted by atomic mass is 9.88. The second kappa shape index (κ2) is 7.99. The number of rotatable bonds is 5. The number of aromatic nitrogens is 4. The van der Waals surface area contributed by atoms with Crippen molar-refractivity contribution in [2.75, 3.05) is 6.61 Å². The number of carbonyl (C=O) groups excluding carboxylic acids is 2. The highest BCUT2D eigenvalue weighted by molar-refractivity contribution is 5.91. The molecule has 0 fully saturated rings. The van der Waals surface area contributed by atoms with Crippen LogP contribution in [0.25, 0.3) is 5.69 Å². The lowest BCUT2D eigenvalue weighted by Gasteiger charge is -2.26. The fourth-order valence-corrected chi connectivity index (χ4v) is 3.38. The van der Waals surface area contributed by atoms with Crippen LogP contribution in [-0.4, -0.2) is 38.7 Å². The molecule has 8 nitrogen and oxygen atoms in total. The minimum absolute atomic E-state index is 0.0354. The molecule has 0 saturated heterocycles. The van der Waals surface area contributed by atoms with Crippen molar-refractivity contribution in [3.05, 3.63) is 71.5 Å². The van der Waals surface area contributed by atoms with E-state index < -0.39 is 5.97 Å². The third kappa shape index (κ3) is 3.90. The molecular formula is C20H19N5O3. The molecule has 1 atom stereocenters. The summed E-state index contributed by atoms with van der Waals surface area (Å²) in [5.74, 6) is -0.858. The highest BCUT2D eigenvalue weighted by atomic mass is 16.5. The van der Waals surface area contributed by atoms with Crippen LogP contribution in [0.5, 0.6) is 0 Å². The monoisotopic (exact) mass is 377 g/mol. The molecule has 1 N–H and O–H groups in total. The van der Waals surface area contributed by atoms with Gasteiger partial charge in [0.15, 0.2) is 6.61 Å². The Morgan fingerprint density at radius 3 is 2.75 bits per heavy atom. The number of amides is 1. The second-order valence-electron chi connectivity index (χ2n) is 6.59. The fraction of sp³-hybridized carbons (Fsp3) is 0.250. The number of ether oxygens (including phenoxy) is 1. The van der Waals surface area contributed by atoms with E-state index in [0.29, 0.717) is 5.56 Å². The first-order valence-corrected chi connectivity index (χ1v) is 9.08. The third-order valence-corrected chi connectivity index (χ3v) is 4.76. The van der Waals surface area contributed by atoms with E-state index in [1.807, 2.05) is 18.2 Å². The van der Waals surface area contributed by atoms with Crippen molar-refractivity contribution in [3.8, 4) is 5.69 Å². The molecule has 3 aromatic rings. The lowest BCUT2D eigenvalue weighted by molar-refractivity contribution is -0.125. The number of tetrazole rings is 1. The fourth-order valence-electron chi connectivity index (χ4n) is 3.38. The highest BCUT2D eigenvalue weighted by Crippen LogP contribution is 2.29. The Labute approximate surface area is 161 Å². The molecule has 1 aliphatic carbocycles. The van der Waals surface area contributed by atoms with Crippen LogP contribution >= 0.6 is 0 Å². The molecule has 1 aromatic heterocycles. The normalized spacial score (nSPS) is 15.5. The minimum atomic E-state index is -0.553. The van der Waals surface area contributed by atoms with Gasteiger partial charge in [0, 0.05) is 0 Å². The molecule has 0 spiro atoms. The molecule has 4 rings (SSSR count). The van der Waals surface area contributed by atoms with Gasteiger partial charge in [-0.2, -0.15) is 0 Å². The highest BCUT2D eigenvalue weighted by Gasteiger charge is 2.22. The molecule has 2 aromatic carbocycles. The van der Waals surface area contributed by atoms with Gasteiger partial charge < -0.3 is 10.1 Å². The Balaban J connectivity index is 1.32. The molecule has 0 aliphatic heterocycles. The number of benzene rings is 2. The second-order valence-corrected chi connectivity index (χ2v) is 6.59. The molecule has 28 heavy (non-hydrogen) atoms. The maximum Gasteiger partial charge on any atom is 0.338 e. The lowest BCUT2D eigenvalue weighted by Crippen LogP contribution is -2.34. The van der Waals surface area contributed by atoms with Crippen molar-refractivity contribution in [2.24, 2.45) is 0 Å². The van der Waals surface area contributed by atoms with E-state index in [2.05, 4.69) is 26.9 Å². The predicted octanol–water partition coefficient (Wildman–Crippen LogP) is 2.01. The van der Waals surface area contributed by atoms with Gasteiger partial charge in [-0.15, -0.1) is 5.10 Å². The van der Waals surface area contributed by atoms with Crippen LogP contribution < -0.4 is 5.32 Å². The van der Waals surface area contributed by atoms with Gasteiger partial charge in [0.05, 0.1) is 17.3 Å².